The lowest BCUT2D eigenvalue weighted by Crippen LogP contribution is -2.51. The SMILES string of the molecule is COC(=O)C1(C2(C)CCC3OC3C2)CCC2OC2C1. The van der Waals surface area contributed by atoms with Crippen LogP contribution in [0.4, 0.5) is 0 Å². The fourth-order valence-electron chi connectivity index (χ4n) is 4.68. The number of methoxy groups -OCH3 is 1. The Morgan fingerprint density at radius 3 is 2.26 bits per heavy atom. The predicted octanol–water partition coefficient (Wildman–Crippen LogP) is 2.05. The summed E-state index contributed by atoms with van der Waals surface area (Å²) >= 11 is 0. The van der Waals surface area contributed by atoms with Crippen LogP contribution in [0, 0.1) is 10.8 Å². The number of esters is 1. The topological polar surface area (TPSA) is 51.4 Å². The van der Waals surface area contributed by atoms with Gasteiger partial charge in [0.2, 0.25) is 0 Å². The van der Waals surface area contributed by atoms with Gasteiger partial charge in [-0.15, -0.1) is 0 Å². The molecule has 0 N–H and O–H groups in total. The van der Waals surface area contributed by atoms with Crippen molar-refractivity contribution in [2.75, 3.05) is 7.11 Å². The highest BCUT2D eigenvalue weighted by Gasteiger charge is 2.65. The molecular formula is C15H22O4. The predicted molar refractivity (Wildman–Crippen MR) is 67.6 cm³/mol. The number of ether oxygens (including phenoxy) is 3. The van der Waals surface area contributed by atoms with Gasteiger partial charge in [-0.1, -0.05) is 6.92 Å². The second kappa shape index (κ2) is 3.73. The van der Waals surface area contributed by atoms with E-state index in [-0.39, 0.29) is 16.8 Å². The van der Waals surface area contributed by atoms with Gasteiger partial charge in [-0.3, -0.25) is 4.79 Å². The highest BCUT2D eigenvalue weighted by atomic mass is 16.6. The molecule has 4 aliphatic rings. The lowest BCUT2D eigenvalue weighted by atomic mass is 9.53. The maximum absolute atomic E-state index is 12.6. The van der Waals surface area contributed by atoms with Crippen LogP contribution in [0.3, 0.4) is 0 Å². The minimum Gasteiger partial charge on any atom is -0.469 e. The van der Waals surface area contributed by atoms with E-state index in [1.807, 2.05) is 0 Å². The van der Waals surface area contributed by atoms with Crippen LogP contribution in [-0.2, 0) is 19.0 Å². The van der Waals surface area contributed by atoms with Gasteiger partial charge in [0.05, 0.1) is 36.9 Å². The largest absolute Gasteiger partial charge is 0.469 e. The van der Waals surface area contributed by atoms with Crippen LogP contribution in [0.25, 0.3) is 0 Å². The third-order valence-electron chi connectivity index (χ3n) is 6.14. The summed E-state index contributed by atoms with van der Waals surface area (Å²) in [5.74, 6) is -0.0250. The molecule has 4 nitrogen and oxygen atoms in total. The molecule has 0 radical (unpaired) electrons. The molecule has 0 aromatic rings. The lowest BCUT2D eigenvalue weighted by molar-refractivity contribution is -0.167. The van der Waals surface area contributed by atoms with E-state index >= 15 is 0 Å². The van der Waals surface area contributed by atoms with Gasteiger partial charge in [-0.25, -0.2) is 0 Å². The maximum Gasteiger partial charge on any atom is 0.312 e. The molecule has 4 rings (SSSR count). The first-order valence-electron chi connectivity index (χ1n) is 7.47. The molecule has 2 saturated heterocycles. The van der Waals surface area contributed by atoms with Gasteiger partial charge in [0.25, 0.3) is 0 Å². The zero-order chi connectivity index (χ0) is 13.3. The van der Waals surface area contributed by atoms with E-state index in [0.717, 1.165) is 38.5 Å². The van der Waals surface area contributed by atoms with E-state index in [1.54, 1.807) is 0 Å². The molecule has 6 unspecified atom stereocenters. The summed E-state index contributed by atoms with van der Waals surface area (Å²) in [4.78, 5) is 12.6. The first-order chi connectivity index (χ1) is 9.08. The number of hydrogen-bond donors (Lipinski definition) is 0. The molecule has 0 spiro atoms. The number of hydrogen-bond acceptors (Lipinski definition) is 4. The Hall–Kier alpha value is -0.610. The summed E-state index contributed by atoms with van der Waals surface area (Å²) in [6.07, 6.45) is 7.49. The monoisotopic (exact) mass is 266 g/mol. The van der Waals surface area contributed by atoms with Crippen LogP contribution in [0.15, 0.2) is 0 Å². The average Bonchev–Trinajstić information content (AvgIpc) is 3.29. The molecule has 2 saturated carbocycles. The van der Waals surface area contributed by atoms with Crippen molar-refractivity contribution in [3.05, 3.63) is 0 Å². The van der Waals surface area contributed by atoms with E-state index < -0.39 is 0 Å². The Bertz CT molecular complexity index is 422. The number of rotatable bonds is 2. The van der Waals surface area contributed by atoms with Crippen molar-refractivity contribution < 1.29 is 19.0 Å². The Morgan fingerprint density at radius 1 is 1.05 bits per heavy atom. The zero-order valence-corrected chi connectivity index (χ0v) is 11.7. The number of carbonyl (C=O) groups excluding carboxylic acids is 1. The minimum absolute atomic E-state index is 0.00861. The highest BCUT2D eigenvalue weighted by Crippen LogP contribution is 2.62. The molecule has 2 aliphatic carbocycles. The average molecular weight is 266 g/mol. The van der Waals surface area contributed by atoms with Crippen molar-refractivity contribution in [3.63, 3.8) is 0 Å². The van der Waals surface area contributed by atoms with Crippen molar-refractivity contribution in [2.24, 2.45) is 10.8 Å². The fraction of sp³-hybridized carbons (Fsp3) is 0.933. The van der Waals surface area contributed by atoms with Crippen molar-refractivity contribution in [1.82, 2.24) is 0 Å². The quantitative estimate of drug-likeness (QED) is 0.567. The molecule has 0 aromatic heterocycles. The van der Waals surface area contributed by atoms with E-state index in [1.165, 1.54) is 7.11 Å². The second-order valence-electron chi connectivity index (χ2n) is 7.05. The fourth-order valence-corrected chi connectivity index (χ4v) is 4.68. The number of epoxide rings is 2. The summed E-state index contributed by atoms with van der Waals surface area (Å²) in [5, 5.41) is 0. The molecule has 106 valence electrons. The minimum atomic E-state index is -0.351. The van der Waals surface area contributed by atoms with E-state index in [2.05, 4.69) is 6.92 Å². The third kappa shape index (κ3) is 1.62. The highest BCUT2D eigenvalue weighted by molar-refractivity contribution is 5.78. The van der Waals surface area contributed by atoms with Crippen LogP contribution < -0.4 is 0 Å². The Kier molecular flexibility index (Phi) is 2.39. The first kappa shape index (κ1) is 12.2. The van der Waals surface area contributed by atoms with E-state index in [9.17, 15) is 4.79 Å². The van der Waals surface area contributed by atoms with Crippen molar-refractivity contribution >= 4 is 5.97 Å². The molecule has 19 heavy (non-hydrogen) atoms. The molecule has 0 aromatic carbocycles. The van der Waals surface area contributed by atoms with Crippen LogP contribution >= 0.6 is 0 Å². The normalized spacial score (nSPS) is 54.8. The Balaban J connectivity index is 1.66. The smallest absolute Gasteiger partial charge is 0.312 e. The Labute approximate surface area is 113 Å². The van der Waals surface area contributed by atoms with E-state index in [4.69, 9.17) is 14.2 Å². The second-order valence-corrected chi connectivity index (χ2v) is 7.05. The van der Waals surface area contributed by atoms with Crippen molar-refractivity contribution in [2.45, 2.75) is 69.9 Å². The molecule has 2 heterocycles. The first-order valence-corrected chi connectivity index (χ1v) is 7.47. The van der Waals surface area contributed by atoms with Gasteiger partial charge in [0, 0.05) is 0 Å². The molecule has 0 bridgehead atoms. The summed E-state index contributed by atoms with van der Waals surface area (Å²) in [5.41, 5.74) is -0.342. The van der Waals surface area contributed by atoms with Gasteiger partial charge >= 0.3 is 5.97 Å². The summed E-state index contributed by atoms with van der Waals surface area (Å²) in [6.45, 7) is 2.27. The molecule has 4 fully saturated rings. The lowest BCUT2D eigenvalue weighted by Gasteiger charge is -2.49. The van der Waals surface area contributed by atoms with Crippen LogP contribution in [0.5, 0.6) is 0 Å². The van der Waals surface area contributed by atoms with Crippen LogP contribution in [0.2, 0.25) is 0 Å². The summed E-state index contributed by atoms with van der Waals surface area (Å²) < 4.78 is 16.5. The summed E-state index contributed by atoms with van der Waals surface area (Å²) in [6, 6.07) is 0. The van der Waals surface area contributed by atoms with Gasteiger partial charge in [0.1, 0.15) is 0 Å². The Morgan fingerprint density at radius 2 is 1.68 bits per heavy atom. The third-order valence-corrected chi connectivity index (χ3v) is 6.14. The molecule has 0 amide bonds. The van der Waals surface area contributed by atoms with Gasteiger partial charge < -0.3 is 14.2 Å². The molecule has 6 atom stereocenters. The van der Waals surface area contributed by atoms with Gasteiger partial charge in [0.15, 0.2) is 0 Å². The molecule has 2 aliphatic heterocycles. The summed E-state index contributed by atoms with van der Waals surface area (Å²) in [7, 11) is 1.52. The van der Waals surface area contributed by atoms with Crippen molar-refractivity contribution in [1.29, 1.82) is 0 Å². The van der Waals surface area contributed by atoms with Crippen LogP contribution in [0.1, 0.15) is 45.4 Å². The van der Waals surface area contributed by atoms with E-state index in [0.29, 0.717) is 24.4 Å². The number of carbonyl (C=O) groups is 1. The molecular weight excluding hydrogens is 244 g/mol. The van der Waals surface area contributed by atoms with Crippen LogP contribution in [-0.4, -0.2) is 37.5 Å². The molecule has 4 heteroatoms. The van der Waals surface area contributed by atoms with Gasteiger partial charge in [-0.05, 0) is 43.9 Å². The maximum atomic E-state index is 12.6. The van der Waals surface area contributed by atoms with Gasteiger partial charge in [-0.2, -0.15) is 0 Å². The number of fused-ring (bicyclic) bond motifs is 2. The van der Waals surface area contributed by atoms with Crippen molar-refractivity contribution in [3.8, 4) is 0 Å². The standard InChI is InChI=1S/C15H22O4/c1-14(5-3-9-11(7-14)18-9)15(13(16)17-2)6-4-10-12(8-15)19-10/h9-12H,3-8H2,1-2H3. The zero-order valence-electron chi connectivity index (χ0n) is 11.7.